The molecule has 0 saturated carbocycles. The van der Waals surface area contributed by atoms with E-state index < -0.39 is 89.1 Å². The largest absolute Gasteiger partial charge is 0.481 e. The van der Waals surface area contributed by atoms with Gasteiger partial charge in [-0.3, -0.25) is 24.0 Å². The second-order valence-electron chi connectivity index (χ2n) is 10.9. The zero-order valence-corrected chi connectivity index (χ0v) is 26.8. The molecule has 0 bridgehead atoms. The number of benzene rings is 2. The van der Waals surface area contributed by atoms with Gasteiger partial charge in [-0.05, 0) is 29.9 Å². The molecule has 15 nitrogen and oxygen atoms in total. The van der Waals surface area contributed by atoms with Gasteiger partial charge in [-0.25, -0.2) is 17.9 Å². The van der Waals surface area contributed by atoms with E-state index in [9.17, 15) is 42.3 Å². The van der Waals surface area contributed by atoms with E-state index in [2.05, 4.69) is 20.7 Å². The first-order chi connectivity index (χ1) is 22.2. The van der Waals surface area contributed by atoms with Crippen LogP contribution in [0.4, 0.5) is 4.79 Å². The SMILES string of the molecule is CC(C)C(NC(=O)C(CCC(=O)O)NC(=O)OCc1ccccc1)C(=O)NC(CC(=O)O)C(=O)CNS(=O)(=O)CCc1ccccc1. The number of carbonyl (C=O) groups is 6. The standard InChI is InChI=1S/C31H40N4O11S/c1-20(2)28(35-29(41)23(13-14-26(37)38)34-31(43)46-19-22-11-7-4-8-12-22)30(42)33-24(17-27(39)40)25(36)18-32-47(44,45)16-15-21-9-5-3-6-10-21/h3-12,20,23-24,28,32H,13-19H2,1-2H3,(H,33,42)(H,34,43)(H,35,41)(H,37,38)(H,39,40). The maximum absolute atomic E-state index is 13.2. The lowest BCUT2D eigenvalue weighted by atomic mass is 10.0. The zero-order valence-electron chi connectivity index (χ0n) is 26.0. The molecule has 256 valence electrons. The van der Waals surface area contributed by atoms with Crippen molar-refractivity contribution in [1.29, 1.82) is 0 Å². The van der Waals surface area contributed by atoms with Gasteiger partial charge >= 0.3 is 18.0 Å². The summed E-state index contributed by atoms with van der Waals surface area (Å²) in [5, 5.41) is 25.5. The third kappa shape index (κ3) is 14.9. The van der Waals surface area contributed by atoms with Crippen molar-refractivity contribution in [3.8, 4) is 0 Å². The predicted molar refractivity (Wildman–Crippen MR) is 168 cm³/mol. The van der Waals surface area contributed by atoms with E-state index in [4.69, 9.17) is 9.84 Å². The number of carboxylic acid groups (broad SMARTS) is 2. The molecule has 47 heavy (non-hydrogen) atoms. The van der Waals surface area contributed by atoms with E-state index in [1.807, 2.05) is 0 Å². The van der Waals surface area contributed by atoms with Gasteiger partial charge in [-0.1, -0.05) is 74.5 Å². The number of carbonyl (C=O) groups excluding carboxylic acids is 4. The second kappa shape index (κ2) is 19.0. The second-order valence-corrected chi connectivity index (χ2v) is 12.8. The van der Waals surface area contributed by atoms with E-state index in [1.165, 1.54) is 0 Å². The van der Waals surface area contributed by atoms with Gasteiger partial charge in [0.05, 0.1) is 24.8 Å². The summed E-state index contributed by atoms with van der Waals surface area (Å²) in [7, 11) is -3.94. The number of hydrogen-bond acceptors (Lipinski definition) is 9. The van der Waals surface area contributed by atoms with Crippen LogP contribution in [0, 0.1) is 5.92 Å². The Morgan fingerprint density at radius 1 is 0.766 bits per heavy atom. The zero-order chi connectivity index (χ0) is 35.0. The Hall–Kier alpha value is -4.83. The topological polar surface area (TPSA) is 234 Å². The third-order valence-electron chi connectivity index (χ3n) is 6.77. The highest BCUT2D eigenvalue weighted by Gasteiger charge is 2.33. The van der Waals surface area contributed by atoms with Gasteiger partial charge in [0, 0.05) is 6.42 Å². The van der Waals surface area contributed by atoms with E-state index in [0.717, 1.165) is 5.56 Å². The van der Waals surface area contributed by atoms with Crippen LogP contribution >= 0.6 is 0 Å². The number of alkyl carbamates (subject to hydrolysis) is 1. The van der Waals surface area contributed by atoms with Crippen LogP contribution < -0.4 is 20.7 Å². The highest BCUT2D eigenvalue weighted by Crippen LogP contribution is 2.08. The van der Waals surface area contributed by atoms with E-state index in [1.54, 1.807) is 74.5 Å². The van der Waals surface area contributed by atoms with Crippen molar-refractivity contribution in [1.82, 2.24) is 20.7 Å². The molecule has 6 N–H and O–H groups in total. The van der Waals surface area contributed by atoms with Gasteiger partial charge in [-0.2, -0.15) is 0 Å². The molecule has 0 radical (unpaired) electrons. The number of ketones is 1. The van der Waals surface area contributed by atoms with Crippen LogP contribution in [0.2, 0.25) is 0 Å². The van der Waals surface area contributed by atoms with Gasteiger partial charge in [0.2, 0.25) is 21.8 Å². The fourth-order valence-corrected chi connectivity index (χ4v) is 5.20. The Kier molecular flexibility index (Phi) is 15.5. The molecule has 0 aliphatic rings. The molecule has 0 aromatic heterocycles. The van der Waals surface area contributed by atoms with Gasteiger partial charge in [0.15, 0.2) is 5.78 Å². The number of aryl methyl sites for hydroxylation is 1. The number of hydrogen-bond donors (Lipinski definition) is 6. The Morgan fingerprint density at radius 3 is 1.91 bits per heavy atom. The third-order valence-corrected chi connectivity index (χ3v) is 8.09. The van der Waals surface area contributed by atoms with Gasteiger partial charge in [-0.15, -0.1) is 0 Å². The molecule has 2 rings (SSSR count). The summed E-state index contributed by atoms with van der Waals surface area (Å²) >= 11 is 0. The van der Waals surface area contributed by atoms with Crippen molar-refractivity contribution < 1.29 is 52.1 Å². The molecule has 2 aromatic carbocycles. The van der Waals surface area contributed by atoms with Crippen molar-refractivity contribution in [3.63, 3.8) is 0 Å². The lowest BCUT2D eigenvalue weighted by molar-refractivity contribution is -0.141. The first-order valence-corrected chi connectivity index (χ1v) is 16.4. The monoisotopic (exact) mass is 676 g/mol. The summed E-state index contributed by atoms with van der Waals surface area (Å²) in [6.07, 6.45) is -2.57. The summed E-state index contributed by atoms with van der Waals surface area (Å²) in [6.45, 7) is 2.18. The van der Waals surface area contributed by atoms with Crippen molar-refractivity contribution in [2.75, 3.05) is 12.3 Å². The number of carboxylic acids is 2. The number of amides is 3. The minimum Gasteiger partial charge on any atom is -0.481 e. The number of nitrogens with one attached hydrogen (secondary N) is 4. The number of ether oxygens (including phenoxy) is 1. The summed E-state index contributed by atoms with van der Waals surface area (Å²) in [5.41, 5.74) is 1.42. The normalized spacial score (nSPS) is 13.1. The van der Waals surface area contributed by atoms with Crippen LogP contribution in [0.3, 0.4) is 0 Å². The van der Waals surface area contributed by atoms with Gasteiger partial charge < -0.3 is 30.9 Å². The van der Waals surface area contributed by atoms with Crippen LogP contribution in [0.1, 0.15) is 44.2 Å². The predicted octanol–water partition coefficient (Wildman–Crippen LogP) is 0.978. The molecule has 0 spiro atoms. The van der Waals surface area contributed by atoms with E-state index in [-0.39, 0.29) is 25.2 Å². The number of aliphatic carboxylic acids is 2. The van der Waals surface area contributed by atoms with E-state index >= 15 is 0 Å². The molecular weight excluding hydrogens is 636 g/mol. The first-order valence-electron chi connectivity index (χ1n) is 14.7. The lowest BCUT2D eigenvalue weighted by Gasteiger charge is -2.26. The summed E-state index contributed by atoms with van der Waals surface area (Å²) in [5.74, 6) is -6.47. The fraction of sp³-hybridized carbons (Fsp3) is 0.419. The lowest BCUT2D eigenvalue weighted by Crippen LogP contribution is -2.58. The van der Waals surface area contributed by atoms with Crippen molar-refractivity contribution >= 4 is 45.7 Å². The van der Waals surface area contributed by atoms with Gasteiger partial charge in [0.1, 0.15) is 18.7 Å². The van der Waals surface area contributed by atoms with Crippen molar-refractivity contribution in [2.45, 2.75) is 64.3 Å². The maximum Gasteiger partial charge on any atom is 0.408 e. The van der Waals surface area contributed by atoms with Crippen molar-refractivity contribution in [3.05, 3.63) is 71.8 Å². The minimum absolute atomic E-state index is 0.126. The van der Waals surface area contributed by atoms with Gasteiger partial charge in [0.25, 0.3) is 0 Å². The molecule has 3 amide bonds. The van der Waals surface area contributed by atoms with E-state index in [0.29, 0.717) is 5.56 Å². The van der Waals surface area contributed by atoms with Crippen LogP contribution in [0.15, 0.2) is 60.7 Å². The Balaban J connectivity index is 2.07. The minimum atomic E-state index is -3.94. The van der Waals surface area contributed by atoms with Crippen LogP contribution in [0.5, 0.6) is 0 Å². The average Bonchev–Trinajstić information content (AvgIpc) is 3.02. The summed E-state index contributed by atoms with van der Waals surface area (Å²) in [4.78, 5) is 74.4. The number of sulfonamides is 1. The number of rotatable bonds is 20. The first kappa shape index (κ1) is 38.4. The highest BCUT2D eigenvalue weighted by atomic mass is 32.2. The van der Waals surface area contributed by atoms with Crippen LogP contribution in [-0.4, -0.2) is 84.7 Å². The molecule has 16 heteroatoms. The highest BCUT2D eigenvalue weighted by molar-refractivity contribution is 7.89. The van der Waals surface area contributed by atoms with Crippen LogP contribution in [0.25, 0.3) is 0 Å². The molecule has 2 aromatic rings. The summed E-state index contributed by atoms with van der Waals surface area (Å²) in [6, 6.07) is 13.0. The van der Waals surface area contributed by atoms with Crippen molar-refractivity contribution in [2.24, 2.45) is 5.92 Å². The smallest absolute Gasteiger partial charge is 0.408 e. The molecule has 3 atom stereocenters. The Labute approximate surface area is 272 Å². The molecule has 0 heterocycles. The average molecular weight is 677 g/mol. The molecule has 0 aliphatic heterocycles. The number of Topliss-reactive ketones (excluding diaryl/α,β-unsaturated/α-hetero) is 1. The molecule has 0 aliphatic carbocycles. The quantitative estimate of drug-likeness (QED) is 0.116. The molecule has 0 saturated heterocycles. The maximum atomic E-state index is 13.2. The molecule has 3 unspecified atom stereocenters. The Morgan fingerprint density at radius 2 is 1.36 bits per heavy atom. The Bertz CT molecular complexity index is 1490. The molecule has 0 fully saturated rings. The fourth-order valence-electron chi connectivity index (χ4n) is 4.19. The van der Waals surface area contributed by atoms with Crippen LogP contribution in [-0.2, 0) is 51.8 Å². The molecular formula is C31H40N4O11S. The summed E-state index contributed by atoms with van der Waals surface area (Å²) < 4.78 is 32.1.